The van der Waals surface area contributed by atoms with E-state index in [2.05, 4.69) is 5.10 Å². The molecule has 0 saturated carbocycles. The van der Waals surface area contributed by atoms with E-state index < -0.39 is 0 Å². The van der Waals surface area contributed by atoms with Gasteiger partial charge in [-0.05, 0) is 11.6 Å². The molecule has 3 aromatic rings. The number of carbonyl (C=O) groups excluding carboxylic acids is 1. The number of aromatic nitrogens is 1. The standard InChI is InChI=1S/C19H15N3O2/c1-21-16-10-6-5-9-14(16)17(12-18(21)23)22-19(24)11-15(20-22)13-7-3-2-4-8-13/h2-10,12H,11H2,1H3. The lowest BCUT2D eigenvalue weighted by Crippen LogP contribution is -2.24. The highest BCUT2D eigenvalue weighted by Gasteiger charge is 2.27. The van der Waals surface area contributed by atoms with Gasteiger partial charge in [0, 0.05) is 18.5 Å². The summed E-state index contributed by atoms with van der Waals surface area (Å²) in [5.41, 5.74) is 2.77. The normalized spacial score (nSPS) is 14.3. The van der Waals surface area contributed by atoms with Gasteiger partial charge in [-0.1, -0.05) is 48.5 Å². The first kappa shape index (κ1) is 14.4. The Kier molecular flexibility index (Phi) is 3.27. The number of nitrogens with zero attached hydrogens (tertiary/aromatic N) is 3. The van der Waals surface area contributed by atoms with Gasteiger partial charge in [0.1, 0.15) is 0 Å². The van der Waals surface area contributed by atoms with Gasteiger partial charge in [-0.2, -0.15) is 10.1 Å². The number of para-hydroxylation sites is 1. The molecule has 1 aliphatic heterocycles. The van der Waals surface area contributed by atoms with Crippen molar-refractivity contribution >= 4 is 28.2 Å². The van der Waals surface area contributed by atoms with Crippen LogP contribution in [0.5, 0.6) is 0 Å². The average Bonchev–Trinajstić information content (AvgIpc) is 3.01. The highest BCUT2D eigenvalue weighted by Crippen LogP contribution is 2.28. The molecule has 0 spiro atoms. The van der Waals surface area contributed by atoms with E-state index in [1.807, 2.05) is 54.6 Å². The maximum atomic E-state index is 12.5. The number of hydrazone groups is 1. The molecular weight excluding hydrogens is 302 g/mol. The number of hydrogen-bond acceptors (Lipinski definition) is 3. The van der Waals surface area contributed by atoms with E-state index in [0.29, 0.717) is 11.4 Å². The Balaban J connectivity index is 1.89. The monoisotopic (exact) mass is 317 g/mol. The zero-order valence-electron chi connectivity index (χ0n) is 13.1. The van der Waals surface area contributed by atoms with Crippen molar-refractivity contribution in [1.82, 2.24) is 4.57 Å². The highest BCUT2D eigenvalue weighted by molar-refractivity contribution is 6.20. The molecule has 0 fully saturated rings. The number of amides is 1. The third-order valence-electron chi connectivity index (χ3n) is 4.24. The zero-order chi connectivity index (χ0) is 16.7. The molecule has 0 atom stereocenters. The van der Waals surface area contributed by atoms with E-state index in [1.165, 1.54) is 11.1 Å². The Morgan fingerprint density at radius 2 is 1.67 bits per heavy atom. The van der Waals surface area contributed by atoms with Crippen LogP contribution in [0.1, 0.15) is 12.0 Å². The highest BCUT2D eigenvalue weighted by atomic mass is 16.2. The van der Waals surface area contributed by atoms with E-state index in [0.717, 1.165) is 16.5 Å². The summed E-state index contributed by atoms with van der Waals surface area (Å²) in [6.07, 6.45) is 0.230. The number of aryl methyl sites for hydroxylation is 1. The van der Waals surface area contributed by atoms with E-state index in [-0.39, 0.29) is 17.9 Å². The van der Waals surface area contributed by atoms with Gasteiger partial charge >= 0.3 is 0 Å². The minimum absolute atomic E-state index is 0.132. The lowest BCUT2D eigenvalue weighted by atomic mass is 10.1. The first-order valence-corrected chi connectivity index (χ1v) is 7.70. The topological polar surface area (TPSA) is 54.7 Å². The summed E-state index contributed by atoms with van der Waals surface area (Å²) >= 11 is 0. The smallest absolute Gasteiger partial charge is 0.253 e. The Bertz CT molecular complexity index is 1040. The van der Waals surface area contributed by atoms with Gasteiger partial charge in [0.15, 0.2) is 0 Å². The lowest BCUT2D eigenvalue weighted by Gasteiger charge is -2.15. The average molecular weight is 317 g/mol. The number of fused-ring (bicyclic) bond motifs is 1. The summed E-state index contributed by atoms with van der Waals surface area (Å²) in [4.78, 5) is 24.7. The van der Waals surface area contributed by atoms with Gasteiger partial charge in [-0.3, -0.25) is 9.59 Å². The van der Waals surface area contributed by atoms with Gasteiger partial charge in [0.2, 0.25) is 0 Å². The second-order valence-electron chi connectivity index (χ2n) is 5.74. The second kappa shape index (κ2) is 5.45. The number of hydrogen-bond donors (Lipinski definition) is 0. The minimum Gasteiger partial charge on any atom is -0.311 e. The fourth-order valence-electron chi connectivity index (χ4n) is 2.98. The molecule has 0 radical (unpaired) electrons. The minimum atomic E-state index is -0.167. The Morgan fingerprint density at radius 3 is 2.46 bits per heavy atom. The maximum absolute atomic E-state index is 12.5. The second-order valence-corrected chi connectivity index (χ2v) is 5.74. The van der Waals surface area contributed by atoms with Crippen LogP contribution in [0, 0.1) is 0 Å². The fourth-order valence-corrected chi connectivity index (χ4v) is 2.98. The molecule has 24 heavy (non-hydrogen) atoms. The molecule has 4 rings (SSSR count). The number of benzene rings is 2. The van der Waals surface area contributed by atoms with E-state index in [1.54, 1.807) is 11.6 Å². The van der Waals surface area contributed by atoms with Crippen molar-refractivity contribution in [2.75, 3.05) is 5.01 Å². The van der Waals surface area contributed by atoms with Crippen LogP contribution in [-0.2, 0) is 11.8 Å². The molecule has 5 heteroatoms. The molecule has 118 valence electrons. The van der Waals surface area contributed by atoms with Crippen molar-refractivity contribution < 1.29 is 4.79 Å². The molecule has 0 bridgehead atoms. The summed E-state index contributed by atoms with van der Waals surface area (Å²) in [7, 11) is 1.72. The van der Waals surface area contributed by atoms with Crippen LogP contribution < -0.4 is 10.6 Å². The van der Waals surface area contributed by atoms with Gasteiger partial charge in [0.05, 0.1) is 23.3 Å². The molecule has 1 amide bonds. The summed E-state index contributed by atoms with van der Waals surface area (Å²) in [5.74, 6) is -0.132. The third-order valence-corrected chi connectivity index (χ3v) is 4.24. The van der Waals surface area contributed by atoms with E-state index in [9.17, 15) is 9.59 Å². The predicted octanol–water partition coefficient (Wildman–Crippen LogP) is 2.68. The lowest BCUT2D eigenvalue weighted by molar-refractivity contribution is -0.116. The fraction of sp³-hybridized carbons (Fsp3) is 0.105. The summed E-state index contributed by atoms with van der Waals surface area (Å²) in [6.45, 7) is 0. The van der Waals surface area contributed by atoms with Gasteiger partial charge in [-0.25, -0.2) is 0 Å². The number of carbonyl (C=O) groups is 1. The summed E-state index contributed by atoms with van der Waals surface area (Å²) < 4.78 is 1.57. The van der Waals surface area contributed by atoms with Crippen molar-refractivity contribution in [1.29, 1.82) is 0 Å². The van der Waals surface area contributed by atoms with Crippen molar-refractivity contribution in [2.24, 2.45) is 12.1 Å². The SMILES string of the molecule is Cn1c(=O)cc(N2N=C(c3ccccc3)CC2=O)c2ccccc21. The van der Waals surface area contributed by atoms with Gasteiger partial charge in [0.25, 0.3) is 11.5 Å². The van der Waals surface area contributed by atoms with E-state index >= 15 is 0 Å². The van der Waals surface area contributed by atoms with Crippen LogP contribution in [0.4, 0.5) is 5.69 Å². The van der Waals surface area contributed by atoms with Crippen molar-refractivity contribution in [3.05, 3.63) is 76.6 Å². The Labute approximate surface area is 138 Å². The van der Waals surface area contributed by atoms with Crippen molar-refractivity contribution in [3.63, 3.8) is 0 Å². The van der Waals surface area contributed by atoms with Crippen LogP contribution in [0.3, 0.4) is 0 Å². The third kappa shape index (κ3) is 2.22. The molecule has 1 aliphatic rings. The maximum Gasteiger partial charge on any atom is 0.253 e. The Morgan fingerprint density at radius 1 is 0.958 bits per heavy atom. The number of pyridine rings is 1. The van der Waals surface area contributed by atoms with Crippen LogP contribution in [0.15, 0.2) is 70.6 Å². The largest absolute Gasteiger partial charge is 0.311 e. The van der Waals surface area contributed by atoms with Crippen LogP contribution in [0.2, 0.25) is 0 Å². The van der Waals surface area contributed by atoms with Gasteiger partial charge < -0.3 is 4.57 Å². The molecule has 0 saturated heterocycles. The first-order chi connectivity index (χ1) is 11.6. The Hall–Kier alpha value is -3.21. The number of anilines is 1. The molecule has 0 aliphatic carbocycles. The van der Waals surface area contributed by atoms with Crippen LogP contribution in [0.25, 0.3) is 10.9 Å². The summed E-state index contributed by atoms with van der Waals surface area (Å²) in [6, 6.07) is 18.6. The van der Waals surface area contributed by atoms with Crippen LogP contribution >= 0.6 is 0 Å². The molecule has 2 heterocycles. The molecule has 0 N–H and O–H groups in total. The van der Waals surface area contributed by atoms with Crippen LogP contribution in [-0.4, -0.2) is 16.2 Å². The first-order valence-electron chi connectivity index (χ1n) is 7.70. The molecular formula is C19H15N3O2. The molecule has 2 aromatic carbocycles. The zero-order valence-corrected chi connectivity index (χ0v) is 13.1. The molecule has 5 nitrogen and oxygen atoms in total. The number of rotatable bonds is 2. The quantitative estimate of drug-likeness (QED) is 0.729. The van der Waals surface area contributed by atoms with Crippen molar-refractivity contribution in [3.8, 4) is 0 Å². The molecule has 1 aromatic heterocycles. The molecule has 0 unspecified atom stereocenters. The van der Waals surface area contributed by atoms with E-state index in [4.69, 9.17) is 0 Å². The summed E-state index contributed by atoms with van der Waals surface area (Å²) in [5, 5.41) is 6.66. The van der Waals surface area contributed by atoms with Gasteiger partial charge in [-0.15, -0.1) is 0 Å². The predicted molar refractivity (Wildman–Crippen MR) is 94.3 cm³/mol. The van der Waals surface area contributed by atoms with Crippen molar-refractivity contribution in [2.45, 2.75) is 6.42 Å².